The first-order chi connectivity index (χ1) is 11.1. The summed E-state index contributed by atoms with van der Waals surface area (Å²) in [4.78, 5) is 12.2. The van der Waals surface area contributed by atoms with Gasteiger partial charge in [0.05, 0.1) is 12.2 Å². The Bertz CT molecular complexity index is 707. The van der Waals surface area contributed by atoms with Gasteiger partial charge in [-0.3, -0.25) is 4.79 Å². The summed E-state index contributed by atoms with van der Waals surface area (Å²) in [6, 6.07) is 8.69. The second-order valence-corrected chi connectivity index (χ2v) is 6.35. The zero-order valence-electron chi connectivity index (χ0n) is 13.7. The molecule has 0 saturated heterocycles. The van der Waals surface area contributed by atoms with Crippen molar-refractivity contribution in [3.63, 3.8) is 0 Å². The molecule has 0 spiro atoms. The SMILES string of the molecule is Cc1cnn(C2CCCc3ccccc32)c1NC(=O)C(C)CN. The molecule has 23 heavy (non-hydrogen) atoms. The number of nitrogens with zero attached hydrogens (tertiary/aromatic N) is 2. The molecule has 2 atom stereocenters. The van der Waals surface area contributed by atoms with Gasteiger partial charge in [-0.25, -0.2) is 4.68 Å². The third kappa shape index (κ3) is 3.01. The lowest BCUT2D eigenvalue weighted by atomic mass is 9.88. The molecule has 5 heteroatoms. The Kier molecular flexibility index (Phi) is 4.48. The second-order valence-electron chi connectivity index (χ2n) is 6.35. The summed E-state index contributed by atoms with van der Waals surface area (Å²) in [5.74, 6) is 0.523. The molecule has 0 saturated carbocycles. The number of hydrogen-bond donors (Lipinski definition) is 2. The van der Waals surface area contributed by atoms with Crippen LogP contribution in [-0.2, 0) is 11.2 Å². The Hall–Kier alpha value is -2.14. The Morgan fingerprint density at radius 1 is 1.48 bits per heavy atom. The largest absolute Gasteiger partial charge is 0.330 e. The quantitative estimate of drug-likeness (QED) is 0.911. The molecule has 1 aliphatic carbocycles. The Labute approximate surface area is 136 Å². The molecular formula is C18H24N4O. The predicted molar refractivity (Wildman–Crippen MR) is 91.3 cm³/mol. The maximum Gasteiger partial charge on any atom is 0.229 e. The Morgan fingerprint density at radius 2 is 2.26 bits per heavy atom. The molecule has 1 aliphatic rings. The molecule has 0 fully saturated rings. The summed E-state index contributed by atoms with van der Waals surface area (Å²) in [7, 11) is 0. The van der Waals surface area contributed by atoms with E-state index in [9.17, 15) is 4.79 Å². The highest BCUT2D eigenvalue weighted by Gasteiger charge is 2.25. The zero-order valence-corrected chi connectivity index (χ0v) is 13.7. The highest BCUT2D eigenvalue weighted by molar-refractivity contribution is 5.92. The number of nitrogens with one attached hydrogen (secondary N) is 1. The van der Waals surface area contributed by atoms with E-state index in [-0.39, 0.29) is 17.9 Å². The Morgan fingerprint density at radius 3 is 3.04 bits per heavy atom. The first-order valence-electron chi connectivity index (χ1n) is 8.24. The number of fused-ring (bicyclic) bond motifs is 1. The monoisotopic (exact) mass is 312 g/mol. The minimum atomic E-state index is -0.212. The van der Waals surface area contributed by atoms with Gasteiger partial charge in [-0.05, 0) is 37.3 Å². The lowest BCUT2D eigenvalue weighted by molar-refractivity contribution is -0.119. The lowest BCUT2D eigenvalue weighted by Crippen LogP contribution is -2.29. The molecule has 0 aliphatic heterocycles. The molecular weight excluding hydrogens is 288 g/mol. The molecule has 122 valence electrons. The highest BCUT2D eigenvalue weighted by atomic mass is 16.2. The van der Waals surface area contributed by atoms with Gasteiger partial charge >= 0.3 is 0 Å². The van der Waals surface area contributed by atoms with Crippen LogP contribution in [0.4, 0.5) is 5.82 Å². The van der Waals surface area contributed by atoms with E-state index in [2.05, 4.69) is 34.7 Å². The van der Waals surface area contributed by atoms with Crippen molar-refractivity contribution in [1.82, 2.24) is 9.78 Å². The topological polar surface area (TPSA) is 72.9 Å². The lowest BCUT2D eigenvalue weighted by Gasteiger charge is -2.27. The standard InChI is InChI=1S/C18H24N4O/c1-12(10-19)18(23)21-17-13(2)11-20-22(17)16-9-5-7-14-6-3-4-8-15(14)16/h3-4,6,8,11-12,16H,5,7,9-10,19H2,1-2H3,(H,21,23). The van der Waals surface area contributed by atoms with Crippen molar-refractivity contribution in [2.75, 3.05) is 11.9 Å². The molecule has 2 unspecified atom stereocenters. The van der Waals surface area contributed by atoms with Gasteiger partial charge in [0.15, 0.2) is 0 Å². The molecule has 1 aromatic heterocycles. The number of aryl methyl sites for hydroxylation is 2. The van der Waals surface area contributed by atoms with Crippen LogP contribution >= 0.6 is 0 Å². The van der Waals surface area contributed by atoms with E-state index in [4.69, 9.17) is 5.73 Å². The molecule has 1 amide bonds. The molecule has 5 nitrogen and oxygen atoms in total. The molecule has 2 aromatic rings. The van der Waals surface area contributed by atoms with E-state index in [0.717, 1.165) is 30.6 Å². The molecule has 3 rings (SSSR count). The number of hydrogen-bond acceptors (Lipinski definition) is 3. The first-order valence-corrected chi connectivity index (χ1v) is 8.24. The van der Waals surface area contributed by atoms with Gasteiger partial charge in [0.1, 0.15) is 5.82 Å². The molecule has 0 bridgehead atoms. The van der Waals surface area contributed by atoms with E-state index in [1.165, 1.54) is 11.1 Å². The van der Waals surface area contributed by atoms with Crippen molar-refractivity contribution in [2.45, 2.75) is 39.2 Å². The smallest absolute Gasteiger partial charge is 0.229 e. The molecule has 0 radical (unpaired) electrons. The zero-order chi connectivity index (χ0) is 16.4. The minimum absolute atomic E-state index is 0.0542. The summed E-state index contributed by atoms with van der Waals surface area (Å²) in [6.45, 7) is 4.15. The van der Waals surface area contributed by atoms with Gasteiger partial charge in [0.2, 0.25) is 5.91 Å². The second kappa shape index (κ2) is 6.54. The van der Waals surface area contributed by atoms with Crippen LogP contribution < -0.4 is 11.1 Å². The average Bonchev–Trinajstić information content (AvgIpc) is 2.94. The van der Waals surface area contributed by atoms with Crippen LogP contribution in [0.15, 0.2) is 30.5 Å². The van der Waals surface area contributed by atoms with Crippen LogP contribution in [0.1, 0.15) is 42.5 Å². The van der Waals surface area contributed by atoms with Gasteiger partial charge in [0, 0.05) is 18.0 Å². The van der Waals surface area contributed by atoms with Gasteiger partial charge in [0.25, 0.3) is 0 Å². The summed E-state index contributed by atoms with van der Waals surface area (Å²) in [5, 5.41) is 7.57. The fraction of sp³-hybridized carbons (Fsp3) is 0.444. The summed E-state index contributed by atoms with van der Waals surface area (Å²) >= 11 is 0. The van der Waals surface area contributed by atoms with Gasteiger partial charge in [-0.2, -0.15) is 5.10 Å². The van der Waals surface area contributed by atoms with Crippen LogP contribution in [-0.4, -0.2) is 22.2 Å². The number of amides is 1. The number of nitrogens with two attached hydrogens (primary N) is 1. The van der Waals surface area contributed by atoms with E-state index in [0.29, 0.717) is 6.54 Å². The van der Waals surface area contributed by atoms with Gasteiger partial charge in [-0.15, -0.1) is 0 Å². The summed E-state index contributed by atoms with van der Waals surface area (Å²) in [6.07, 6.45) is 5.10. The van der Waals surface area contributed by atoms with Crippen molar-refractivity contribution in [2.24, 2.45) is 11.7 Å². The van der Waals surface area contributed by atoms with E-state index in [1.54, 1.807) is 0 Å². The highest BCUT2D eigenvalue weighted by Crippen LogP contribution is 2.35. The van der Waals surface area contributed by atoms with Crippen molar-refractivity contribution in [3.05, 3.63) is 47.2 Å². The third-order valence-electron chi connectivity index (χ3n) is 4.65. The number of anilines is 1. The predicted octanol–water partition coefficient (Wildman–Crippen LogP) is 2.65. The number of carbonyl (C=O) groups is 1. The minimum Gasteiger partial charge on any atom is -0.330 e. The van der Waals surface area contributed by atoms with E-state index >= 15 is 0 Å². The third-order valence-corrected chi connectivity index (χ3v) is 4.65. The van der Waals surface area contributed by atoms with E-state index in [1.807, 2.05) is 24.7 Å². The molecule has 1 heterocycles. The fourth-order valence-corrected chi connectivity index (χ4v) is 3.17. The van der Waals surface area contributed by atoms with Crippen molar-refractivity contribution in [3.8, 4) is 0 Å². The molecule has 3 N–H and O–H groups in total. The van der Waals surface area contributed by atoms with E-state index < -0.39 is 0 Å². The number of aromatic nitrogens is 2. The molecule has 1 aromatic carbocycles. The summed E-state index contributed by atoms with van der Waals surface area (Å²) in [5.41, 5.74) is 9.27. The van der Waals surface area contributed by atoms with Gasteiger partial charge in [-0.1, -0.05) is 31.2 Å². The summed E-state index contributed by atoms with van der Waals surface area (Å²) < 4.78 is 1.97. The average molecular weight is 312 g/mol. The number of rotatable bonds is 4. The number of carbonyl (C=O) groups excluding carboxylic acids is 1. The maximum atomic E-state index is 12.2. The maximum absolute atomic E-state index is 12.2. The van der Waals surface area contributed by atoms with Crippen LogP contribution in [0.5, 0.6) is 0 Å². The van der Waals surface area contributed by atoms with Crippen LogP contribution in [0, 0.1) is 12.8 Å². The van der Waals surface area contributed by atoms with Crippen LogP contribution in [0.2, 0.25) is 0 Å². The first kappa shape index (κ1) is 15.7. The van der Waals surface area contributed by atoms with Gasteiger partial charge < -0.3 is 11.1 Å². The number of benzene rings is 1. The van der Waals surface area contributed by atoms with Crippen LogP contribution in [0.25, 0.3) is 0 Å². The van der Waals surface area contributed by atoms with Crippen molar-refractivity contribution in [1.29, 1.82) is 0 Å². The van der Waals surface area contributed by atoms with Crippen molar-refractivity contribution >= 4 is 11.7 Å². The fourth-order valence-electron chi connectivity index (χ4n) is 3.17. The van der Waals surface area contributed by atoms with Crippen molar-refractivity contribution < 1.29 is 4.79 Å². The van der Waals surface area contributed by atoms with Crippen LogP contribution in [0.3, 0.4) is 0 Å². The normalized spacial score (nSPS) is 18.3. The Balaban J connectivity index is 1.95.